The van der Waals surface area contributed by atoms with Crippen LogP contribution in [-0.2, 0) is 28.7 Å². The SMILES string of the molecule is Cc1c(S(=O)(=O)Cl)cnn1-c1ccccc1.Cc1c(S(=O)(=O)N2CC3CN(CC[C@H](NC(=O)C4CCCC4)c4ccccc4)CC3C2)cnn1-c1ccccc1.O=C(N[C@@H](CCN1CC2CNCC2C1)c1ccccc1)C1CCCC1. The van der Waals surface area contributed by atoms with Gasteiger partial charge < -0.3 is 25.8 Å². The molecule has 81 heavy (non-hydrogen) atoms. The molecule has 6 fully saturated rings. The summed E-state index contributed by atoms with van der Waals surface area (Å²) in [6, 6.07) is 39.8. The second-order valence-corrected chi connectivity index (χ2v) is 27.6. The van der Waals surface area contributed by atoms with Gasteiger partial charge in [-0.1, -0.05) is 123 Å². The smallest absolute Gasteiger partial charge is 0.264 e. The molecule has 0 spiro atoms. The van der Waals surface area contributed by atoms with Crippen molar-refractivity contribution in [3.63, 3.8) is 0 Å². The van der Waals surface area contributed by atoms with Crippen molar-refractivity contribution in [2.45, 2.75) is 99.9 Å². The molecule has 0 bridgehead atoms. The van der Waals surface area contributed by atoms with Gasteiger partial charge in [0.25, 0.3) is 9.05 Å². The van der Waals surface area contributed by atoms with Crippen molar-refractivity contribution in [3.8, 4) is 11.4 Å². The van der Waals surface area contributed by atoms with Crippen molar-refractivity contribution in [1.82, 2.24) is 49.6 Å². The molecule has 6 heterocycles. The van der Waals surface area contributed by atoms with Crippen molar-refractivity contribution in [1.29, 1.82) is 0 Å². The van der Waals surface area contributed by atoms with E-state index in [9.17, 15) is 26.4 Å². The molecule has 16 nitrogen and oxygen atoms in total. The van der Waals surface area contributed by atoms with Crippen LogP contribution in [0.25, 0.3) is 11.4 Å². The van der Waals surface area contributed by atoms with E-state index in [1.165, 1.54) is 61.7 Å². The minimum absolute atomic E-state index is 0.00394. The molecule has 2 saturated carbocycles. The zero-order chi connectivity index (χ0) is 56.5. The van der Waals surface area contributed by atoms with Gasteiger partial charge in [0.2, 0.25) is 21.8 Å². The Balaban J connectivity index is 0.000000152. The molecule has 4 unspecified atom stereocenters. The molecular weight excluding hydrogens is 1080 g/mol. The lowest BCUT2D eigenvalue weighted by atomic mass is 10.0. The normalized spacial score (nSPS) is 22.3. The van der Waals surface area contributed by atoms with Gasteiger partial charge in [0.05, 0.1) is 47.2 Å². The van der Waals surface area contributed by atoms with Gasteiger partial charge in [0.15, 0.2) is 0 Å². The number of sulfonamides is 1. The van der Waals surface area contributed by atoms with Gasteiger partial charge in [-0.15, -0.1) is 0 Å². The van der Waals surface area contributed by atoms with Gasteiger partial charge in [-0.2, -0.15) is 14.5 Å². The molecule has 12 rings (SSSR count). The standard InChI is InChI=1S/C31H39N5O3S.C21H31N3O.C10H9ClN2O2S/c1-23-30(18-32-36(23)28-14-6-3-7-15-28)40(38,39)35-21-26-19-34(20-27(26)22-35)17-16-29(24-10-4-2-5-11-24)33-31(37)25-12-8-9-13-25;25-21(17-8-4-5-9-17)23-20(16-6-2-1-3-7-16)10-11-24-14-18-12-22-13-19(18)15-24;1-8-10(16(11,14)15)7-12-13(8)9-5-3-2-4-6-9/h2-7,10-11,14-15,18,25-27,29H,8-9,12-13,16-17,19-22H2,1H3,(H,33,37);1-3,6-7,17-20,22H,4-5,8-15H2,(H,23,25);2-7H,1H3/t26?,27?,29-;18?,19?,20-;/m00./s1. The third-order valence-corrected chi connectivity index (χ3v) is 21.1. The van der Waals surface area contributed by atoms with Crippen LogP contribution in [0, 0.1) is 49.4 Å². The molecule has 432 valence electrons. The molecule has 6 aliphatic rings. The van der Waals surface area contributed by atoms with Gasteiger partial charge in [-0.25, -0.2) is 26.2 Å². The summed E-state index contributed by atoms with van der Waals surface area (Å²) in [5.41, 5.74) is 5.18. The first-order valence-corrected chi connectivity index (χ1v) is 33.0. The van der Waals surface area contributed by atoms with Gasteiger partial charge in [0, 0.05) is 74.9 Å². The summed E-state index contributed by atoms with van der Waals surface area (Å²) >= 11 is 0. The number of hydrogen-bond donors (Lipinski definition) is 3. The van der Waals surface area contributed by atoms with Crippen LogP contribution in [0.5, 0.6) is 0 Å². The van der Waals surface area contributed by atoms with Crippen molar-refractivity contribution in [3.05, 3.63) is 156 Å². The number of amides is 2. The van der Waals surface area contributed by atoms with Crippen LogP contribution in [0.3, 0.4) is 0 Å². The topological polar surface area (TPSA) is 184 Å². The number of carbonyl (C=O) groups excluding carboxylic acids is 2. The van der Waals surface area contributed by atoms with Gasteiger partial charge in [0.1, 0.15) is 9.79 Å². The third kappa shape index (κ3) is 14.4. The third-order valence-electron chi connectivity index (χ3n) is 17.8. The maximum Gasteiger partial charge on any atom is 0.264 e. The number of nitrogens with zero attached hydrogens (tertiary/aromatic N) is 7. The quantitative estimate of drug-likeness (QED) is 0.0742. The molecule has 19 heteroatoms. The van der Waals surface area contributed by atoms with Crippen molar-refractivity contribution in [2.75, 3.05) is 65.4 Å². The van der Waals surface area contributed by atoms with Crippen LogP contribution in [-0.4, -0.2) is 128 Å². The molecule has 2 aliphatic carbocycles. The summed E-state index contributed by atoms with van der Waals surface area (Å²) in [6.45, 7) is 13.1. The molecule has 6 aromatic rings. The number of likely N-dealkylation sites (tertiary alicyclic amines) is 2. The molecule has 2 aromatic heterocycles. The number of hydrogen-bond acceptors (Lipinski definition) is 11. The van der Waals surface area contributed by atoms with Crippen molar-refractivity contribution in [2.24, 2.45) is 35.5 Å². The second-order valence-electron chi connectivity index (χ2n) is 23.1. The highest BCUT2D eigenvalue weighted by Crippen LogP contribution is 2.37. The van der Waals surface area contributed by atoms with Crippen LogP contribution < -0.4 is 16.0 Å². The second kappa shape index (κ2) is 26.7. The van der Waals surface area contributed by atoms with E-state index < -0.39 is 19.1 Å². The highest BCUT2D eigenvalue weighted by Gasteiger charge is 2.45. The van der Waals surface area contributed by atoms with Crippen molar-refractivity contribution < 1.29 is 26.4 Å². The van der Waals surface area contributed by atoms with Crippen LogP contribution in [0.2, 0.25) is 0 Å². The summed E-state index contributed by atoms with van der Waals surface area (Å²) in [6.07, 6.45) is 13.4. The maximum atomic E-state index is 13.6. The van der Waals surface area contributed by atoms with Gasteiger partial charge >= 0.3 is 0 Å². The average molecular weight is 1160 g/mol. The Bertz CT molecular complexity index is 3220. The molecule has 2 amide bonds. The van der Waals surface area contributed by atoms with Gasteiger partial charge in [-0.3, -0.25) is 9.59 Å². The monoisotopic (exact) mass is 1160 g/mol. The fraction of sp³-hybridized carbons (Fsp3) is 0.484. The molecule has 4 saturated heterocycles. The number of fused-ring (bicyclic) bond motifs is 2. The lowest BCUT2D eigenvalue weighted by Crippen LogP contribution is -2.36. The first kappa shape index (κ1) is 58.5. The van der Waals surface area contributed by atoms with E-state index in [-0.39, 0.29) is 45.5 Å². The first-order chi connectivity index (χ1) is 39.2. The van der Waals surface area contributed by atoms with E-state index in [0.717, 1.165) is 106 Å². The van der Waals surface area contributed by atoms with Crippen LogP contribution in [0.1, 0.15) is 98.8 Å². The van der Waals surface area contributed by atoms with E-state index in [0.29, 0.717) is 36.3 Å². The minimum Gasteiger partial charge on any atom is -0.349 e. The van der Waals surface area contributed by atoms with E-state index in [1.807, 2.05) is 91.9 Å². The largest absolute Gasteiger partial charge is 0.349 e. The molecule has 4 aromatic carbocycles. The van der Waals surface area contributed by atoms with E-state index in [4.69, 9.17) is 10.7 Å². The Morgan fingerprint density at radius 2 is 0.914 bits per heavy atom. The Labute approximate surface area is 483 Å². The molecule has 3 N–H and O–H groups in total. The Morgan fingerprint density at radius 1 is 0.543 bits per heavy atom. The molecule has 0 radical (unpaired) electrons. The zero-order valence-corrected chi connectivity index (χ0v) is 49.1. The molecular formula is C62H79ClN10O6S2. The number of aromatic nitrogens is 4. The summed E-state index contributed by atoms with van der Waals surface area (Å²) < 4.78 is 54.5. The highest BCUT2D eigenvalue weighted by atomic mass is 35.7. The number of halogens is 1. The summed E-state index contributed by atoms with van der Waals surface area (Å²) in [5, 5.41) is 18.6. The average Bonchev–Trinajstić information content (AvgIpc) is 4.41. The number of nitrogens with one attached hydrogen (secondary N) is 3. The van der Waals surface area contributed by atoms with Crippen LogP contribution in [0.15, 0.2) is 144 Å². The Hall–Kier alpha value is -5.73. The van der Waals surface area contributed by atoms with E-state index >= 15 is 0 Å². The lowest BCUT2D eigenvalue weighted by molar-refractivity contribution is -0.126. The van der Waals surface area contributed by atoms with Crippen LogP contribution in [0.4, 0.5) is 0 Å². The van der Waals surface area contributed by atoms with Crippen LogP contribution >= 0.6 is 10.7 Å². The van der Waals surface area contributed by atoms with Crippen molar-refractivity contribution >= 4 is 41.6 Å². The zero-order valence-electron chi connectivity index (χ0n) is 46.7. The Morgan fingerprint density at radius 3 is 1.31 bits per heavy atom. The number of para-hydroxylation sites is 2. The highest BCUT2D eigenvalue weighted by molar-refractivity contribution is 8.13. The Kier molecular flexibility index (Phi) is 19.3. The fourth-order valence-corrected chi connectivity index (χ4v) is 16.0. The minimum atomic E-state index is -3.73. The predicted molar refractivity (Wildman–Crippen MR) is 316 cm³/mol. The summed E-state index contributed by atoms with van der Waals surface area (Å²) in [7, 11) is -2.06. The predicted octanol–water partition coefficient (Wildman–Crippen LogP) is 8.85. The number of carbonyl (C=O) groups is 2. The van der Waals surface area contributed by atoms with E-state index in [2.05, 4.69) is 72.3 Å². The maximum absolute atomic E-state index is 13.6. The summed E-state index contributed by atoms with van der Waals surface area (Å²) in [4.78, 5) is 31.0. The first-order valence-electron chi connectivity index (χ1n) is 29.2. The van der Waals surface area contributed by atoms with E-state index in [1.54, 1.807) is 15.9 Å². The molecule has 6 atom stereocenters. The lowest BCUT2D eigenvalue weighted by Gasteiger charge is -2.25. The number of rotatable bonds is 17. The molecule has 4 aliphatic heterocycles. The number of benzene rings is 4. The fourth-order valence-electron chi connectivity index (χ4n) is 13.2. The summed E-state index contributed by atoms with van der Waals surface area (Å²) in [5.74, 6) is 3.17. The van der Waals surface area contributed by atoms with Gasteiger partial charge in [-0.05, 0) is 125 Å².